The van der Waals surface area contributed by atoms with Gasteiger partial charge < -0.3 is 5.32 Å². The van der Waals surface area contributed by atoms with Crippen molar-refractivity contribution >= 4 is 5.69 Å². The second kappa shape index (κ2) is 4.27. The Labute approximate surface area is 109 Å². The molecular weight excluding hydrogens is 220 g/mol. The van der Waals surface area contributed by atoms with E-state index >= 15 is 0 Å². The average Bonchev–Trinajstić information content (AvgIpc) is 3.27. The van der Waals surface area contributed by atoms with Crippen molar-refractivity contribution in [1.29, 1.82) is 0 Å². The molecular formula is C16H22N2. The summed E-state index contributed by atoms with van der Waals surface area (Å²) in [5.41, 5.74) is 4.38. The summed E-state index contributed by atoms with van der Waals surface area (Å²) in [6.07, 6.45) is 6.99. The molecule has 0 atom stereocenters. The molecule has 2 saturated carbocycles. The highest BCUT2D eigenvalue weighted by molar-refractivity contribution is 5.57. The number of anilines is 1. The summed E-state index contributed by atoms with van der Waals surface area (Å²) < 4.78 is 0. The Balaban J connectivity index is 1.48. The van der Waals surface area contributed by atoms with Crippen molar-refractivity contribution in [2.24, 2.45) is 5.92 Å². The van der Waals surface area contributed by atoms with Crippen molar-refractivity contribution in [2.75, 3.05) is 18.4 Å². The molecule has 3 aliphatic rings. The Morgan fingerprint density at radius 2 is 2.06 bits per heavy atom. The van der Waals surface area contributed by atoms with Crippen LogP contribution in [0.15, 0.2) is 18.2 Å². The molecule has 1 aromatic carbocycles. The first-order valence-corrected chi connectivity index (χ1v) is 7.48. The van der Waals surface area contributed by atoms with Gasteiger partial charge in [-0.3, -0.25) is 4.90 Å². The molecule has 0 unspecified atom stereocenters. The predicted molar refractivity (Wildman–Crippen MR) is 74.8 cm³/mol. The fourth-order valence-corrected chi connectivity index (χ4v) is 3.09. The van der Waals surface area contributed by atoms with E-state index in [1.807, 2.05) is 0 Å². The molecule has 18 heavy (non-hydrogen) atoms. The SMILES string of the molecule is c1cc2c(cc1CN(CC1CC1)C1CC1)NCC2. The number of fused-ring (bicyclic) bond motifs is 1. The van der Waals surface area contributed by atoms with Crippen LogP contribution in [0.5, 0.6) is 0 Å². The van der Waals surface area contributed by atoms with Crippen molar-refractivity contribution < 1.29 is 0 Å². The second-order valence-corrected chi connectivity index (χ2v) is 6.27. The summed E-state index contributed by atoms with van der Waals surface area (Å²) >= 11 is 0. The fraction of sp³-hybridized carbons (Fsp3) is 0.625. The minimum absolute atomic E-state index is 0.895. The fourth-order valence-electron chi connectivity index (χ4n) is 3.09. The summed E-state index contributed by atoms with van der Waals surface area (Å²) in [4.78, 5) is 2.73. The predicted octanol–water partition coefficient (Wildman–Crippen LogP) is 3.03. The Morgan fingerprint density at radius 1 is 1.17 bits per heavy atom. The first-order chi connectivity index (χ1) is 8.88. The van der Waals surface area contributed by atoms with E-state index in [4.69, 9.17) is 0 Å². The van der Waals surface area contributed by atoms with Gasteiger partial charge in [0.15, 0.2) is 0 Å². The van der Waals surface area contributed by atoms with Crippen LogP contribution < -0.4 is 5.32 Å². The molecule has 0 spiro atoms. The number of hydrogen-bond donors (Lipinski definition) is 1. The van der Waals surface area contributed by atoms with Crippen LogP contribution in [0.3, 0.4) is 0 Å². The van der Waals surface area contributed by atoms with Gasteiger partial charge in [0.2, 0.25) is 0 Å². The van der Waals surface area contributed by atoms with Gasteiger partial charge in [-0.15, -0.1) is 0 Å². The topological polar surface area (TPSA) is 15.3 Å². The molecule has 0 aromatic heterocycles. The van der Waals surface area contributed by atoms with Crippen LogP contribution >= 0.6 is 0 Å². The third-order valence-corrected chi connectivity index (χ3v) is 4.52. The van der Waals surface area contributed by atoms with E-state index in [2.05, 4.69) is 28.4 Å². The zero-order chi connectivity index (χ0) is 11.9. The van der Waals surface area contributed by atoms with Crippen LogP contribution in [0.1, 0.15) is 36.8 Å². The maximum absolute atomic E-state index is 3.49. The minimum atomic E-state index is 0.895. The normalized spacial score (nSPS) is 22.1. The highest BCUT2D eigenvalue weighted by Crippen LogP contribution is 2.36. The first kappa shape index (κ1) is 10.9. The number of nitrogens with one attached hydrogen (secondary N) is 1. The average molecular weight is 242 g/mol. The van der Waals surface area contributed by atoms with Crippen molar-refractivity contribution in [1.82, 2.24) is 4.90 Å². The van der Waals surface area contributed by atoms with E-state index in [0.717, 1.165) is 25.0 Å². The van der Waals surface area contributed by atoms with E-state index < -0.39 is 0 Å². The molecule has 0 saturated heterocycles. The van der Waals surface area contributed by atoms with Gasteiger partial charge in [0.05, 0.1) is 0 Å². The molecule has 0 amide bonds. The number of benzene rings is 1. The molecule has 0 radical (unpaired) electrons. The Hall–Kier alpha value is -1.02. The standard InChI is InChI=1S/C16H22N2/c1-2-12(1)10-18(15-5-6-15)11-13-3-4-14-7-8-17-16(14)9-13/h3-4,9,12,15,17H,1-2,5-8,10-11H2. The van der Waals surface area contributed by atoms with Crippen LogP contribution in [0.4, 0.5) is 5.69 Å². The molecule has 96 valence electrons. The molecule has 2 aliphatic carbocycles. The van der Waals surface area contributed by atoms with Gasteiger partial charge in [-0.25, -0.2) is 0 Å². The van der Waals surface area contributed by atoms with Crippen molar-refractivity contribution in [3.63, 3.8) is 0 Å². The quantitative estimate of drug-likeness (QED) is 0.854. The first-order valence-electron chi connectivity index (χ1n) is 7.48. The van der Waals surface area contributed by atoms with E-state index in [9.17, 15) is 0 Å². The lowest BCUT2D eigenvalue weighted by molar-refractivity contribution is 0.244. The smallest absolute Gasteiger partial charge is 0.0376 e. The minimum Gasteiger partial charge on any atom is -0.384 e. The summed E-state index contributed by atoms with van der Waals surface area (Å²) in [7, 11) is 0. The Morgan fingerprint density at radius 3 is 2.83 bits per heavy atom. The van der Waals surface area contributed by atoms with Crippen LogP contribution in [0, 0.1) is 5.92 Å². The Bertz CT molecular complexity index is 446. The highest BCUT2D eigenvalue weighted by atomic mass is 15.2. The van der Waals surface area contributed by atoms with Gasteiger partial charge in [-0.1, -0.05) is 12.1 Å². The lowest BCUT2D eigenvalue weighted by Crippen LogP contribution is -2.27. The van der Waals surface area contributed by atoms with Crippen LogP contribution in [-0.4, -0.2) is 24.0 Å². The van der Waals surface area contributed by atoms with E-state index in [-0.39, 0.29) is 0 Å². The van der Waals surface area contributed by atoms with Gasteiger partial charge in [0.1, 0.15) is 0 Å². The zero-order valence-electron chi connectivity index (χ0n) is 11.0. The number of nitrogens with zero attached hydrogens (tertiary/aromatic N) is 1. The van der Waals surface area contributed by atoms with Gasteiger partial charge in [-0.05, 0) is 55.2 Å². The molecule has 2 nitrogen and oxygen atoms in total. The molecule has 1 heterocycles. The largest absolute Gasteiger partial charge is 0.384 e. The van der Waals surface area contributed by atoms with Gasteiger partial charge >= 0.3 is 0 Å². The lowest BCUT2D eigenvalue weighted by atomic mass is 10.1. The second-order valence-electron chi connectivity index (χ2n) is 6.27. The maximum atomic E-state index is 3.49. The Kier molecular flexibility index (Phi) is 2.58. The molecule has 2 heteroatoms. The van der Waals surface area contributed by atoms with Crippen LogP contribution in [-0.2, 0) is 13.0 Å². The zero-order valence-corrected chi connectivity index (χ0v) is 11.0. The third-order valence-electron chi connectivity index (χ3n) is 4.52. The van der Waals surface area contributed by atoms with E-state index in [1.54, 1.807) is 0 Å². The summed E-state index contributed by atoms with van der Waals surface area (Å²) in [5, 5.41) is 3.49. The molecule has 0 bridgehead atoms. The maximum Gasteiger partial charge on any atom is 0.0376 e. The van der Waals surface area contributed by atoms with Gasteiger partial charge in [-0.2, -0.15) is 0 Å². The van der Waals surface area contributed by atoms with Crippen LogP contribution in [0.25, 0.3) is 0 Å². The van der Waals surface area contributed by atoms with E-state index in [1.165, 1.54) is 55.5 Å². The van der Waals surface area contributed by atoms with Crippen molar-refractivity contribution in [3.05, 3.63) is 29.3 Å². The molecule has 1 N–H and O–H groups in total. The lowest BCUT2D eigenvalue weighted by Gasteiger charge is -2.22. The molecule has 1 aromatic rings. The van der Waals surface area contributed by atoms with Crippen LogP contribution in [0.2, 0.25) is 0 Å². The summed E-state index contributed by atoms with van der Waals surface area (Å²) in [5.74, 6) is 1.01. The highest BCUT2D eigenvalue weighted by Gasteiger charge is 2.33. The van der Waals surface area contributed by atoms with Crippen molar-refractivity contribution in [2.45, 2.75) is 44.7 Å². The number of hydrogen-bond acceptors (Lipinski definition) is 2. The molecule has 1 aliphatic heterocycles. The van der Waals surface area contributed by atoms with E-state index in [0.29, 0.717) is 0 Å². The van der Waals surface area contributed by atoms with Crippen molar-refractivity contribution in [3.8, 4) is 0 Å². The van der Waals surface area contributed by atoms with Gasteiger partial charge in [0.25, 0.3) is 0 Å². The van der Waals surface area contributed by atoms with Gasteiger partial charge in [0, 0.05) is 31.4 Å². The summed E-state index contributed by atoms with van der Waals surface area (Å²) in [6.45, 7) is 3.62. The molecule has 2 fully saturated rings. The molecule has 4 rings (SSSR count). The number of rotatable bonds is 5. The monoisotopic (exact) mass is 242 g/mol. The summed E-state index contributed by atoms with van der Waals surface area (Å²) in [6, 6.07) is 7.94. The third kappa shape index (κ3) is 2.26.